The molecule has 0 fully saturated rings. The number of benzene rings is 3. The number of nitrogens with zero attached hydrogens (tertiary/aromatic N) is 1. The third-order valence-corrected chi connectivity index (χ3v) is 4.48. The molecule has 0 atom stereocenters. The summed E-state index contributed by atoms with van der Waals surface area (Å²) in [6.07, 6.45) is 2.04. The van der Waals surface area contributed by atoms with Crippen molar-refractivity contribution < 1.29 is 14.3 Å². The number of ether oxygens (including phenoxy) is 2. The van der Waals surface area contributed by atoms with Crippen LogP contribution < -0.4 is 9.47 Å². The Hall–Kier alpha value is -3.53. The molecular weight excluding hydrogens is 338 g/mol. The Balaban J connectivity index is 1.58. The van der Waals surface area contributed by atoms with E-state index in [0.717, 1.165) is 23.2 Å². The van der Waals surface area contributed by atoms with Gasteiger partial charge in [-0.3, -0.25) is 0 Å². The summed E-state index contributed by atoms with van der Waals surface area (Å²) >= 11 is 0. The molecule has 0 unspecified atom stereocenters. The first-order valence-corrected chi connectivity index (χ1v) is 8.72. The second-order valence-electron chi connectivity index (χ2n) is 6.27. The van der Waals surface area contributed by atoms with Crippen LogP contribution >= 0.6 is 0 Å². The van der Waals surface area contributed by atoms with E-state index in [-0.39, 0.29) is 5.97 Å². The second kappa shape index (κ2) is 7.38. The Morgan fingerprint density at radius 1 is 0.889 bits per heavy atom. The van der Waals surface area contributed by atoms with Crippen LogP contribution in [0.4, 0.5) is 0 Å². The minimum atomic E-state index is -0.358. The van der Waals surface area contributed by atoms with Crippen LogP contribution in [0.1, 0.15) is 15.9 Å². The summed E-state index contributed by atoms with van der Waals surface area (Å²) in [5.41, 5.74) is 2.72. The Labute approximate surface area is 157 Å². The number of aromatic nitrogens is 1. The van der Waals surface area contributed by atoms with E-state index in [1.54, 1.807) is 19.2 Å². The number of hydrogen-bond acceptors (Lipinski definition) is 3. The number of methoxy groups -OCH3 is 1. The molecule has 4 rings (SSSR count). The fraction of sp³-hybridized carbons (Fsp3) is 0.0870. The molecule has 0 N–H and O–H groups in total. The van der Waals surface area contributed by atoms with Gasteiger partial charge in [-0.05, 0) is 53.4 Å². The van der Waals surface area contributed by atoms with Gasteiger partial charge in [-0.1, -0.05) is 30.3 Å². The average molecular weight is 357 g/mol. The van der Waals surface area contributed by atoms with Crippen molar-refractivity contribution in [2.75, 3.05) is 7.11 Å². The van der Waals surface area contributed by atoms with Crippen LogP contribution in [0.25, 0.3) is 10.9 Å². The van der Waals surface area contributed by atoms with Gasteiger partial charge < -0.3 is 14.0 Å². The van der Waals surface area contributed by atoms with Crippen LogP contribution in [0.3, 0.4) is 0 Å². The monoisotopic (exact) mass is 357 g/mol. The molecule has 0 aliphatic carbocycles. The lowest BCUT2D eigenvalue weighted by molar-refractivity contribution is 0.0735. The number of fused-ring (bicyclic) bond motifs is 1. The molecule has 0 aliphatic rings. The summed E-state index contributed by atoms with van der Waals surface area (Å²) in [6.45, 7) is 0.726. The summed E-state index contributed by atoms with van der Waals surface area (Å²) < 4.78 is 12.9. The van der Waals surface area contributed by atoms with Gasteiger partial charge >= 0.3 is 5.97 Å². The highest BCUT2D eigenvalue weighted by atomic mass is 16.5. The summed E-state index contributed by atoms with van der Waals surface area (Å²) in [7, 11) is 1.66. The van der Waals surface area contributed by atoms with E-state index in [4.69, 9.17) is 9.47 Å². The molecular formula is C23H19NO3. The second-order valence-corrected chi connectivity index (χ2v) is 6.27. The molecule has 0 radical (unpaired) electrons. The third kappa shape index (κ3) is 3.70. The zero-order chi connectivity index (χ0) is 18.6. The van der Waals surface area contributed by atoms with E-state index >= 15 is 0 Å². The first kappa shape index (κ1) is 16.9. The topological polar surface area (TPSA) is 40.5 Å². The van der Waals surface area contributed by atoms with Crippen molar-refractivity contribution in [1.82, 2.24) is 4.57 Å². The maximum absolute atomic E-state index is 12.3. The molecule has 0 aliphatic heterocycles. The number of carbonyl (C=O) groups excluding carboxylic acids is 1. The van der Waals surface area contributed by atoms with E-state index in [9.17, 15) is 4.79 Å². The molecule has 134 valence electrons. The maximum atomic E-state index is 12.3. The van der Waals surface area contributed by atoms with Crippen LogP contribution in [0.2, 0.25) is 0 Å². The fourth-order valence-electron chi connectivity index (χ4n) is 3.03. The molecule has 1 heterocycles. The van der Waals surface area contributed by atoms with E-state index < -0.39 is 0 Å². The SMILES string of the molecule is COc1ccc(Cn2ccc3ccc(OC(=O)c4ccccc4)cc32)cc1. The predicted molar refractivity (Wildman–Crippen MR) is 105 cm³/mol. The zero-order valence-electron chi connectivity index (χ0n) is 15.0. The van der Waals surface area contributed by atoms with Crippen molar-refractivity contribution in [1.29, 1.82) is 0 Å². The quantitative estimate of drug-likeness (QED) is 0.376. The van der Waals surface area contributed by atoms with Crippen LogP contribution in [0.5, 0.6) is 11.5 Å². The lowest BCUT2D eigenvalue weighted by Gasteiger charge is -2.09. The number of rotatable bonds is 5. The van der Waals surface area contributed by atoms with Gasteiger partial charge in [0, 0.05) is 18.8 Å². The van der Waals surface area contributed by atoms with Crippen LogP contribution in [0, 0.1) is 0 Å². The molecule has 4 heteroatoms. The van der Waals surface area contributed by atoms with Crippen molar-refractivity contribution in [2.45, 2.75) is 6.54 Å². The molecule has 4 aromatic rings. The fourth-order valence-corrected chi connectivity index (χ4v) is 3.03. The number of hydrogen-bond donors (Lipinski definition) is 0. The molecule has 4 nitrogen and oxygen atoms in total. The van der Waals surface area contributed by atoms with Crippen LogP contribution in [-0.2, 0) is 6.54 Å². The molecule has 0 saturated heterocycles. The van der Waals surface area contributed by atoms with Gasteiger partial charge in [-0.2, -0.15) is 0 Å². The first-order chi connectivity index (χ1) is 13.2. The maximum Gasteiger partial charge on any atom is 0.343 e. The van der Waals surface area contributed by atoms with Crippen molar-refractivity contribution in [3.63, 3.8) is 0 Å². The molecule has 27 heavy (non-hydrogen) atoms. The Kier molecular flexibility index (Phi) is 4.62. The normalized spacial score (nSPS) is 10.7. The van der Waals surface area contributed by atoms with Gasteiger partial charge in [0.15, 0.2) is 0 Å². The van der Waals surface area contributed by atoms with E-state index in [0.29, 0.717) is 11.3 Å². The Morgan fingerprint density at radius 3 is 2.37 bits per heavy atom. The van der Waals surface area contributed by atoms with Gasteiger partial charge in [-0.15, -0.1) is 0 Å². The minimum Gasteiger partial charge on any atom is -0.497 e. The zero-order valence-corrected chi connectivity index (χ0v) is 15.0. The smallest absolute Gasteiger partial charge is 0.343 e. The lowest BCUT2D eigenvalue weighted by atomic mass is 10.2. The van der Waals surface area contributed by atoms with Crippen molar-refractivity contribution in [3.8, 4) is 11.5 Å². The van der Waals surface area contributed by atoms with Gasteiger partial charge in [0.05, 0.1) is 18.2 Å². The highest BCUT2D eigenvalue weighted by molar-refractivity contribution is 5.91. The van der Waals surface area contributed by atoms with Gasteiger partial charge in [0.25, 0.3) is 0 Å². The Morgan fingerprint density at radius 2 is 1.63 bits per heavy atom. The highest BCUT2D eigenvalue weighted by Crippen LogP contribution is 2.24. The van der Waals surface area contributed by atoms with E-state index in [1.807, 2.05) is 66.9 Å². The average Bonchev–Trinajstić information content (AvgIpc) is 3.11. The van der Waals surface area contributed by atoms with Gasteiger partial charge in [0.1, 0.15) is 11.5 Å². The number of carbonyl (C=O) groups is 1. The van der Waals surface area contributed by atoms with Gasteiger partial charge in [-0.25, -0.2) is 4.79 Å². The van der Waals surface area contributed by atoms with E-state index in [1.165, 1.54) is 5.56 Å². The lowest BCUT2D eigenvalue weighted by Crippen LogP contribution is -2.08. The summed E-state index contributed by atoms with van der Waals surface area (Å²) in [5.74, 6) is 1.01. The molecule has 1 aromatic heterocycles. The van der Waals surface area contributed by atoms with E-state index in [2.05, 4.69) is 10.6 Å². The highest BCUT2D eigenvalue weighted by Gasteiger charge is 2.10. The van der Waals surface area contributed by atoms with Crippen LogP contribution in [-0.4, -0.2) is 17.6 Å². The van der Waals surface area contributed by atoms with Crippen LogP contribution in [0.15, 0.2) is 85.1 Å². The van der Waals surface area contributed by atoms with Crippen molar-refractivity contribution >= 4 is 16.9 Å². The Bertz CT molecular complexity index is 1070. The summed E-state index contributed by atoms with van der Waals surface area (Å²) in [6, 6.07) is 24.7. The third-order valence-electron chi connectivity index (χ3n) is 4.48. The summed E-state index contributed by atoms with van der Waals surface area (Å²) in [4.78, 5) is 12.3. The molecule has 0 amide bonds. The molecule has 0 saturated carbocycles. The van der Waals surface area contributed by atoms with Crippen molar-refractivity contribution in [3.05, 3.63) is 96.2 Å². The first-order valence-electron chi connectivity index (χ1n) is 8.72. The standard InChI is InChI=1S/C23H19NO3/c1-26-20-10-7-17(8-11-20)16-24-14-13-18-9-12-21(15-22(18)24)27-23(25)19-5-3-2-4-6-19/h2-15H,16H2,1H3. The van der Waals surface area contributed by atoms with Gasteiger partial charge in [0.2, 0.25) is 0 Å². The largest absolute Gasteiger partial charge is 0.497 e. The van der Waals surface area contributed by atoms with Crippen molar-refractivity contribution in [2.24, 2.45) is 0 Å². The predicted octanol–water partition coefficient (Wildman–Crippen LogP) is 4.92. The molecule has 0 spiro atoms. The summed E-state index contributed by atoms with van der Waals surface area (Å²) in [5, 5.41) is 1.10. The minimum absolute atomic E-state index is 0.358. The molecule has 3 aromatic carbocycles. The molecule has 0 bridgehead atoms. The number of esters is 1.